The first-order valence-corrected chi connectivity index (χ1v) is 14.9. The number of cyclic esters (lactones) is 1. The monoisotopic (exact) mass is 664 g/mol. The molecule has 4 N–H and O–H groups in total. The minimum atomic E-state index is -0.770. The molecule has 0 saturated carbocycles. The molecule has 15 heteroatoms. The van der Waals surface area contributed by atoms with Crippen LogP contribution < -0.4 is 26.3 Å². The average molecular weight is 665 g/mol. The Morgan fingerprint density at radius 1 is 1.12 bits per heavy atom. The Balaban J connectivity index is 0.000000404. The van der Waals surface area contributed by atoms with Gasteiger partial charge in [-0.2, -0.15) is 0 Å². The maximum absolute atomic E-state index is 15.0. The highest BCUT2D eigenvalue weighted by Gasteiger charge is 2.33. The van der Waals surface area contributed by atoms with E-state index in [9.17, 15) is 23.2 Å². The molecule has 1 atom stereocenters. The average Bonchev–Trinajstić information content (AvgIpc) is 3.45. The molecular weight excluding hydrogens is 626 g/mol. The summed E-state index contributed by atoms with van der Waals surface area (Å²) in [6, 6.07) is 12.0. The van der Waals surface area contributed by atoms with Crippen LogP contribution in [0.15, 0.2) is 73.2 Å². The van der Waals surface area contributed by atoms with Crippen LogP contribution in [-0.2, 0) is 19.1 Å². The van der Waals surface area contributed by atoms with Crippen molar-refractivity contribution in [2.45, 2.75) is 12.5 Å². The maximum atomic E-state index is 15.0. The Bertz CT molecular complexity index is 1620. The number of primary amides is 1. The summed E-state index contributed by atoms with van der Waals surface area (Å²) in [5, 5.41) is 10.7. The number of anilines is 2. The predicted octanol–water partition coefficient (Wildman–Crippen LogP) is 2.40. The number of allylic oxidation sites excluding steroid dienone is 1. The number of nitrogens with two attached hydrogens (primary N) is 1. The summed E-state index contributed by atoms with van der Waals surface area (Å²) in [5.74, 6) is -1.65. The van der Waals surface area contributed by atoms with Crippen LogP contribution in [0.2, 0.25) is 0 Å². The van der Waals surface area contributed by atoms with Crippen LogP contribution in [0.1, 0.15) is 12.0 Å². The lowest BCUT2D eigenvalue weighted by atomic mass is 10.2. The van der Waals surface area contributed by atoms with Crippen LogP contribution in [0.25, 0.3) is 12.3 Å². The van der Waals surface area contributed by atoms with Gasteiger partial charge in [0.15, 0.2) is 11.6 Å². The first-order chi connectivity index (χ1) is 23.2. The van der Waals surface area contributed by atoms with Crippen molar-refractivity contribution in [2.24, 2.45) is 5.73 Å². The first-order valence-electron chi connectivity index (χ1n) is 14.9. The van der Waals surface area contributed by atoms with E-state index in [-0.39, 0.29) is 55.2 Å². The van der Waals surface area contributed by atoms with E-state index >= 15 is 0 Å². The Kier molecular flexibility index (Phi) is 14.6. The number of nitrogens with one attached hydrogen (secondary N) is 2. The summed E-state index contributed by atoms with van der Waals surface area (Å²) >= 11 is 0. The van der Waals surface area contributed by atoms with Gasteiger partial charge in [0.2, 0.25) is 12.3 Å². The number of aldehydes is 1. The quantitative estimate of drug-likeness (QED) is 0.232. The minimum Gasteiger partial charge on any atom is -0.443 e. The molecule has 3 heterocycles. The summed E-state index contributed by atoms with van der Waals surface area (Å²) in [6.45, 7) is 1.84. The lowest BCUT2D eigenvalue weighted by Crippen LogP contribution is -2.49. The normalized spacial score (nSPS) is 15.8. The molecule has 3 aromatic rings. The van der Waals surface area contributed by atoms with Gasteiger partial charge in [-0.1, -0.05) is 42.5 Å². The minimum absolute atomic E-state index is 0.107. The van der Waals surface area contributed by atoms with E-state index in [1.165, 1.54) is 21.7 Å². The molecule has 0 radical (unpaired) electrons. The molecule has 2 fully saturated rings. The molecule has 5 rings (SSSR count). The third kappa shape index (κ3) is 10.7. The number of rotatable bonds is 9. The van der Waals surface area contributed by atoms with Crippen molar-refractivity contribution >= 4 is 48.3 Å². The van der Waals surface area contributed by atoms with Gasteiger partial charge < -0.3 is 30.2 Å². The van der Waals surface area contributed by atoms with Crippen LogP contribution in [-0.4, -0.2) is 91.6 Å². The molecule has 2 aromatic carbocycles. The lowest BCUT2D eigenvalue weighted by Gasteiger charge is -2.36. The number of carbonyl (C=O) groups is 4. The number of likely N-dealkylation sites (N-methyl/N-ethyl adjacent to an activating group) is 1. The molecule has 0 aliphatic carbocycles. The van der Waals surface area contributed by atoms with E-state index in [4.69, 9.17) is 14.9 Å². The van der Waals surface area contributed by atoms with Gasteiger partial charge in [-0.15, -0.1) is 0 Å². The number of aromatic nitrogens is 2. The largest absolute Gasteiger partial charge is 0.443 e. The Morgan fingerprint density at radius 2 is 1.79 bits per heavy atom. The Morgan fingerprint density at radius 3 is 2.40 bits per heavy atom. The van der Waals surface area contributed by atoms with Gasteiger partial charge in [0.1, 0.15) is 23.6 Å². The predicted molar refractivity (Wildman–Crippen MR) is 177 cm³/mol. The summed E-state index contributed by atoms with van der Waals surface area (Å²) < 4.78 is 36.6. The van der Waals surface area contributed by atoms with E-state index in [0.29, 0.717) is 19.6 Å². The number of amides is 3. The molecule has 1 aromatic heterocycles. The van der Waals surface area contributed by atoms with Crippen molar-refractivity contribution in [2.75, 3.05) is 56.1 Å². The van der Waals surface area contributed by atoms with Crippen molar-refractivity contribution in [1.29, 1.82) is 5.41 Å². The first kappa shape index (κ1) is 36.8. The van der Waals surface area contributed by atoms with Crippen LogP contribution in [0, 0.1) is 17.0 Å². The molecular formula is C33H38F2N8O5. The highest BCUT2D eigenvalue weighted by Crippen LogP contribution is 2.31. The zero-order valence-corrected chi connectivity index (χ0v) is 26.4. The van der Waals surface area contributed by atoms with E-state index in [2.05, 4.69) is 16.0 Å². The molecule has 2 aliphatic heterocycles. The third-order valence-electron chi connectivity index (χ3n) is 7.08. The van der Waals surface area contributed by atoms with Crippen molar-refractivity contribution < 1.29 is 32.7 Å². The standard InChI is InChI=1S/C23H27F2N7O3.C9H8O.CH3NO/c1-27-13-17-15-32(23(34)35-17)16-11-18(24)22(19(25)12-16)31-9-7-30(8-10-31)21(33)3-2-5-29-6-4-28-14-20(29)26;10-8-4-7-9-5-2-1-3-6-9;2-1-3/h2,4-6,11-12,14,17,26-27H,3,7-10,13,15H2,1H3;1-8H;1H,(H2,2,3)/b5-2+,26-20?;7-4+;. The van der Waals surface area contributed by atoms with Gasteiger partial charge in [-0.05, 0) is 18.7 Å². The second-order valence-electron chi connectivity index (χ2n) is 10.3. The fourth-order valence-corrected chi connectivity index (χ4v) is 4.87. The third-order valence-corrected chi connectivity index (χ3v) is 7.08. The van der Waals surface area contributed by atoms with Gasteiger partial charge in [-0.25, -0.2) is 13.6 Å². The van der Waals surface area contributed by atoms with E-state index < -0.39 is 23.8 Å². The van der Waals surface area contributed by atoms with Crippen LogP contribution >= 0.6 is 0 Å². The van der Waals surface area contributed by atoms with Crippen LogP contribution in [0.5, 0.6) is 0 Å². The number of hydrogen-bond acceptors (Lipinski definition) is 9. The van der Waals surface area contributed by atoms with Crippen LogP contribution in [0.4, 0.5) is 25.0 Å². The molecule has 3 amide bonds. The molecule has 2 saturated heterocycles. The fourth-order valence-electron chi connectivity index (χ4n) is 4.87. The van der Waals surface area contributed by atoms with E-state index in [0.717, 1.165) is 24.0 Å². The SMILES string of the molecule is CNCC1CN(c2cc(F)c(N3CCN(C(=O)C/C=C/n4ccncc4=N)CC3)c(F)c2)C(=O)O1.NC=O.O=C/C=C/c1ccccc1. The summed E-state index contributed by atoms with van der Waals surface area (Å²) in [4.78, 5) is 51.4. The van der Waals surface area contributed by atoms with Crippen molar-refractivity contribution in [3.8, 4) is 0 Å². The maximum Gasteiger partial charge on any atom is 0.414 e. The second-order valence-corrected chi connectivity index (χ2v) is 10.3. The van der Waals surface area contributed by atoms with Crippen LogP contribution in [0.3, 0.4) is 0 Å². The number of piperazine rings is 1. The number of nitrogens with zero attached hydrogens (tertiary/aromatic N) is 5. The van der Waals surface area contributed by atoms with E-state index in [1.54, 1.807) is 47.6 Å². The number of ether oxygens (including phenoxy) is 1. The molecule has 2 aliphatic rings. The molecule has 13 nitrogen and oxygen atoms in total. The second kappa shape index (κ2) is 19.1. The summed E-state index contributed by atoms with van der Waals surface area (Å²) in [5.41, 5.74) is 5.35. The topological polar surface area (TPSA) is 167 Å². The Hall–Kier alpha value is -5.70. The van der Waals surface area contributed by atoms with Crippen molar-refractivity contribution in [3.63, 3.8) is 0 Å². The summed E-state index contributed by atoms with van der Waals surface area (Å²) in [6.07, 6.45) is 11.2. The molecule has 254 valence electrons. The molecule has 1 unspecified atom stereocenters. The molecule has 0 spiro atoms. The number of halogens is 2. The lowest BCUT2D eigenvalue weighted by molar-refractivity contribution is -0.130. The van der Waals surface area contributed by atoms with Gasteiger partial charge in [-0.3, -0.25) is 29.7 Å². The van der Waals surface area contributed by atoms with Gasteiger partial charge in [0.05, 0.1) is 18.4 Å². The van der Waals surface area contributed by atoms with Crippen molar-refractivity contribution in [1.82, 2.24) is 19.8 Å². The zero-order valence-electron chi connectivity index (χ0n) is 26.4. The van der Waals surface area contributed by atoms with E-state index in [1.807, 2.05) is 30.3 Å². The van der Waals surface area contributed by atoms with Gasteiger partial charge >= 0.3 is 6.09 Å². The number of carbonyl (C=O) groups excluding carboxylic acids is 4. The Labute approximate surface area is 276 Å². The van der Waals surface area contributed by atoms with Crippen molar-refractivity contribution in [3.05, 3.63) is 95.9 Å². The fraction of sp³-hybridized carbons (Fsp3) is 0.273. The molecule has 0 bridgehead atoms. The number of benzene rings is 2. The van der Waals surface area contributed by atoms with Gasteiger partial charge in [0.25, 0.3) is 0 Å². The van der Waals surface area contributed by atoms with Gasteiger partial charge in [0, 0.05) is 69.9 Å². The smallest absolute Gasteiger partial charge is 0.414 e. The highest BCUT2D eigenvalue weighted by molar-refractivity contribution is 5.90. The highest BCUT2D eigenvalue weighted by atomic mass is 19.1. The zero-order chi connectivity index (χ0) is 34.9. The summed E-state index contributed by atoms with van der Waals surface area (Å²) in [7, 11) is 1.73. The molecule has 48 heavy (non-hydrogen) atoms. The number of hydrogen-bond donors (Lipinski definition) is 3.